The molecule has 0 radical (unpaired) electrons. The number of nitrogens with zero attached hydrogens (tertiary/aromatic N) is 2. The Bertz CT molecular complexity index is 1210. The van der Waals surface area contributed by atoms with Gasteiger partial charge in [0.25, 0.3) is 0 Å². The fourth-order valence-corrected chi connectivity index (χ4v) is 3.57. The van der Waals surface area contributed by atoms with Crippen molar-refractivity contribution in [2.75, 3.05) is 0 Å². The van der Waals surface area contributed by atoms with Gasteiger partial charge >= 0.3 is 43.8 Å². The van der Waals surface area contributed by atoms with Crippen molar-refractivity contribution in [3.63, 3.8) is 0 Å². The van der Waals surface area contributed by atoms with E-state index in [1.165, 1.54) is 22.3 Å². The van der Waals surface area contributed by atoms with Crippen molar-refractivity contribution in [2.24, 2.45) is 0 Å². The zero-order valence-corrected chi connectivity index (χ0v) is 21.8. The second-order valence-corrected chi connectivity index (χ2v) is 29.2. The van der Waals surface area contributed by atoms with Crippen molar-refractivity contribution < 1.29 is 0 Å². The van der Waals surface area contributed by atoms with E-state index >= 15 is 0 Å². The van der Waals surface area contributed by atoms with E-state index in [4.69, 9.17) is 17.8 Å². The first-order valence-electron chi connectivity index (χ1n) is 10.1. The second kappa shape index (κ2) is 9.56. The first-order chi connectivity index (χ1) is 14.9. The molecule has 154 valence electrons. The topological polar surface area (TPSA) is 25.8 Å². The maximum atomic E-state index is 5.51. The summed E-state index contributed by atoms with van der Waals surface area (Å²) in [6.07, 6.45) is 3.75. The summed E-state index contributed by atoms with van der Waals surface area (Å²) < 4.78 is 0. The summed E-state index contributed by atoms with van der Waals surface area (Å²) >= 11 is -2.24. The van der Waals surface area contributed by atoms with Crippen LogP contribution in [0.15, 0.2) is 97.3 Å². The quantitative estimate of drug-likeness (QED) is 0.163. The van der Waals surface area contributed by atoms with Crippen molar-refractivity contribution >= 4 is 55.8 Å². The van der Waals surface area contributed by atoms with Gasteiger partial charge in [0.15, 0.2) is 0 Å². The molecule has 5 heteroatoms. The van der Waals surface area contributed by atoms with Gasteiger partial charge in [0, 0.05) is 23.2 Å². The van der Waals surface area contributed by atoms with Gasteiger partial charge in [0.1, 0.15) is 0 Å². The molecular formula is C26H22Cl2N2Sn. The van der Waals surface area contributed by atoms with Crippen LogP contribution in [0.25, 0.3) is 44.1 Å². The average Bonchev–Trinajstić information content (AvgIpc) is 2.78. The SMILES string of the molecule is [CH3][Sn]([CH3])([Cl])[Cl].c1ccc(-c2ccnc3c2ccc2c(-c4ccccc4)ccnc23)cc1. The molecular weight excluding hydrogens is 530 g/mol. The van der Waals surface area contributed by atoms with Crippen molar-refractivity contribution in [3.05, 3.63) is 97.3 Å². The van der Waals surface area contributed by atoms with E-state index in [1.807, 2.05) is 34.4 Å². The first kappa shape index (κ1) is 22.1. The molecule has 0 saturated heterocycles. The van der Waals surface area contributed by atoms with Gasteiger partial charge in [-0.2, -0.15) is 0 Å². The van der Waals surface area contributed by atoms with Gasteiger partial charge in [-0.3, -0.25) is 9.97 Å². The van der Waals surface area contributed by atoms with Crippen LogP contribution < -0.4 is 0 Å². The van der Waals surface area contributed by atoms with Crippen LogP contribution in [0.3, 0.4) is 0 Å². The molecule has 2 nitrogen and oxygen atoms in total. The van der Waals surface area contributed by atoms with E-state index in [1.54, 1.807) is 0 Å². The summed E-state index contributed by atoms with van der Waals surface area (Å²) in [6.45, 7) is 0. The van der Waals surface area contributed by atoms with Crippen LogP contribution >= 0.6 is 17.8 Å². The summed E-state index contributed by atoms with van der Waals surface area (Å²) in [6, 6.07) is 29.3. The summed E-state index contributed by atoms with van der Waals surface area (Å²) in [4.78, 5) is 13.2. The van der Waals surface area contributed by atoms with E-state index < -0.39 is 16.1 Å². The molecule has 0 bridgehead atoms. The smallest absolute Gasteiger partial charge is 0.0970 e. The van der Waals surface area contributed by atoms with Crippen LogP contribution in [0.5, 0.6) is 0 Å². The van der Waals surface area contributed by atoms with Crippen molar-refractivity contribution in [3.8, 4) is 22.3 Å². The van der Waals surface area contributed by atoms with Crippen molar-refractivity contribution in [2.45, 2.75) is 9.88 Å². The second-order valence-electron chi connectivity index (χ2n) is 7.63. The number of hydrogen-bond acceptors (Lipinski definition) is 2. The third kappa shape index (κ3) is 5.38. The number of hydrogen-bond donors (Lipinski definition) is 0. The van der Waals surface area contributed by atoms with Gasteiger partial charge in [-0.1, -0.05) is 72.8 Å². The van der Waals surface area contributed by atoms with Crippen LogP contribution in [-0.2, 0) is 0 Å². The molecule has 2 aromatic heterocycles. The van der Waals surface area contributed by atoms with E-state index in [9.17, 15) is 0 Å². The number of aromatic nitrogens is 2. The Balaban J connectivity index is 0.000000418. The monoisotopic (exact) mass is 552 g/mol. The maximum absolute atomic E-state index is 5.51. The van der Waals surface area contributed by atoms with Crippen LogP contribution in [0, 0.1) is 0 Å². The van der Waals surface area contributed by atoms with E-state index in [-0.39, 0.29) is 0 Å². The molecule has 0 unspecified atom stereocenters. The standard InChI is InChI=1S/C24H16N2.2CH3.2ClH.Sn/c1-3-7-17(8-4-1)19-13-15-25-23-21(19)11-12-22-20(14-16-26-24(22)23)18-9-5-2-6-10-18;;;;;/h1-16H;2*1H3;2*1H;/q;;;;;+2/p-2. The number of benzene rings is 3. The van der Waals surface area contributed by atoms with Crippen molar-refractivity contribution in [1.29, 1.82) is 0 Å². The van der Waals surface area contributed by atoms with Gasteiger partial charge in [-0.25, -0.2) is 0 Å². The molecule has 0 spiro atoms. The minimum atomic E-state index is -2.24. The first-order valence-corrected chi connectivity index (χ1v) is 23.0. The fourth-order valence-electron chi connectivity index (χ4n) is 3.57. The molecule has 31 heavy (non-hydrogen) atoms. The summed E-state index contributed by atoms with van der Waals surface area (Å²) in [5.41, 5.74) is 6.65. The van der Waals surface area contributed by atoms with Gasteiger partial charge in [0.05, 0.1) is 11.0 Å². The molecule has 2 heterocycles. The van der Waals surface area contributed by atoms with Crippen LogP contribution in [0.2, 0.25) is 9.88 Å². The molecule has 0 amide bonds. The van der Waals surface area contributed by atoms with Crippen LogP contribution in [0.4, 0.5) is 0 Å². The Labute approximate surface area is 194 Å². The minimum Gasteiger partial charge on any atom is -0.254 e. The largest absolute Gasteiger partial charge is 0.254 e. The van der Waals surface area contributed by atoms with E-state index in [0.717, 1.165) is 21.8 Å². The third-order valence-corrected chi connectivity index (χ3v) is 4.79. The predicted molar refractivity (Wildman–Crippen MR) is 137 cm³/mol. The Kier molecular flexibility index (Phi) is 6.80. The zero-order valence-electron chi connectivity index (χ0n) is 17.4. The third-order valence-electron chi connectivity index (χ3n) is 4.79. The van der Waals surface area contributed by atoms with E-state index in [2.05, 4.69) is 82.8 Å². The minimum absolute atomic E-state index is 0.946. The molecule has 5 aromatic rings. The number of halogens is 2. The predicted octanol–water partition coefficient (Wildman–Crippen LogP) is 8.28. The van der Waals surface area contributed by atoms with Gasteiger partial charge in [0.2, 0.25) is 0 Å². The number of rotatable bonds is 2. The molecule has 3 aromatic carbocycles. The number of fused-ring (bicyclic) bond motifs is 3. The Hall–Kier alpha value is -2.14. The van der Waals surface area contributed by atoms with Gasteiger partial charge < -0.3 is 0 Å². The maximum Gasteiger partial charge on any atom is 0.0970 e. The molecule has 0 N–H and O–H groups in total. The van der Waals surface area contributed by atoms with Gasteiger partial charge in [-0.15, -0.1) is 0 Å². The summed E-state index contributed by atoms with van der Waals surface area (Å²) in [7, 11) is 11.0. The Morgan fingerprint density at radius 3 is 1.26 bits per heavy atom. The zero-order chi connectivity index (χ0) is 21.8. The number of pyridine rings is 2. The summed E-state index contributed by atoms with van der Waals surface area (Å²) in [5.74, 6) is 0. The molecule has 0 aliphatic carbocycles. The van der Waals surface area contributed by atoms with Gasteiger partial charge in [-0.05, 0) is 34.4 Å². The van der Waals surface area contributed by atoms with Crippen molar-refractivity contribution in [1.82, 2.24) is 9.97 Å². The molecule has 0 saturated carbocycles. The molecule has 5 rings (SSSR count). The Morgan fingerprint density at radius 2 is 0.903 bits per heavy atom. The summed E-state index contributed by atoms with van der Waals surface area (Å²) in [5, 5.41) is 2.26. The molecule has 0 aliphatic heterocycles. The molecule has 0 aliphatic rings. The normalized spacial score (nSPS) is 11.2. The molecule has 0 fully saturated rings. The van der Waals surface area contributed by atoms with Crippen LogP contribution in [-0.4, -0.2) is 26.1 Å². The average molecular weight is 552 g/mol. The molecule has 0 atom stereocenters. The van der Waals surface area contributed by atoms with Crippen LogP contribution in [0.1, 0.15) is 0 Å². The Morgan fingerprint density at radius 1 is 0.548 bits per heavy atom. The van der Waals surface area contributed by atoms with E-state index in [0.29, 0.717) is 0 Å². The fraction of sp³-hybridized carbons (Fsp3) is 0.0769.